The van der Waals surface area contributed by atoms with Crippen LogP contribution in [0.3, 0.4) is 0 Å². The fourth-order valence-electron chi connectivity index (χ4n) is 2.36. The molecule has 1 heterocycles. The summed E-state index contributed by atoms with van der Waals surface area (Å²) >= 11 is 0. The maximum Gasteiger partial charge on any atom is 0.416 e. The fourth-order valence-corrected chi connectivity index (χ4v) is 2.36. The second kappa shape index (κ2) is 11.3. The van der Waals surface area contributed by atoms with E-state index in [1.807, 2.05) is 26.8 Å². The average molecular weight is 510 g/mol. The molecule has 156 valence electrons. The quantitative estimate of drug-likeness (QED) is 0.321. The van der Waals surface area contributed by atoms with Crippen molar-refractivity contribution in [2.75, 3.05) is 13.1 Å². The molecule has 0 aliphatic heterocycles. The normalized spacial score (nSPS) is 12.0. The lowest BCUT2D eigenvalue weighted by Crippen LogP contribution is -2.38. The Bertz CT molecular complexity index is 742. The zero-order valence-electron chi connectivity index (χ0n) is 16.1. The molecule has 1 aromatic carbocycles. The lowest BCUT2D eigenvalue weighted by atomic mass is 10.1. The standard InChI is InChI=1S/C19H25F3N4O.HI/c1-4-23-18(25-12-16-11-17(13(2)3)26-27-16)24-10-9-14-5-7-15(8-6-14)19(20,21)22;/h5-8,11,13H,4,9-10,12H2,1-3H3,(H2,23,24,25);1H. The van der Waals surface area contributed by atoms with Crippen LogP contribution in [0.2, 0.25) is 0 Å². The van der Waals surface area contributed by atoms with Gasteiger partial charge >= 0.3 is 6.18 Å². The molecule has 5 nitrogen and oxygen atoms in total. The van der Waals surface area contributed by atoms with Crippen LogP contribution >= 0.6 is 24.0 Å². The number of guanidine groups is 1. The first kappa shape index (κ1) is 24.3. The van der Waals surface area contributed by atoms with Gasteiger partial charge in [0.25, 0.3) is 0 Å². The van der Waals surface area contributed by atoms with Crippen molar-refractivity contribution in [1.82, 2.24) is 15.8 Å². The highest BCUT2D eigenvalue weighted by atomic mass is 127. The summed E-state index contributed by atoms with van der Waals surface area (Å²) in [6, 6.07) is 7.09. The van der Waals surface area contributed by atoms with E-state index < -0.39 is 11.7 Å². The SMILES string of the molecule is CCNC(=NCc1cc(C(C)C)no1)NCCc1ccc(C(F)(F)F)cc1.I. The van der Waals surface area contributed by atoms with Gasteiger partial charge in [0, 0.05) is 19.2 Å². The summed E-state index contributed by atoms with van der Waals surface area (Å²) < 4.78 is 43.0. The highest BCUT2D eigenvalue weighted by Crippen LogP contribution is 2.29. The molecule has 0 saturated heterocycles. The van der Waals surface area contributed by atoms with Crippen LogP contribution in [0.25, 0.3) is 0 Å². The number of nitrogens with one attached hydrogen (secondary N) is 2. The molecule has 2 rings (SSSR count). The second-order valence-electron chi connectivity index (χ2n) is 6.44. The Balaban J connectivity index is 0.00000392. The van der Waals surface area contributed by atoms with Gasteiger partial charge in [-0.15, -0.1) is 24.0 Å². The first-order chi connectivity index (χ1) is 12.8. The lowest BCUT2D eigenvalue weighted by Gasteiger charge is -2.11. The van der Waals surface area contributed by atoms with Crippen molar-refractivity contribution in [2.45, 2.75) is 45.8 Å². The number of aromatic nitrogens is 1. The van der Waals surface area contributed by atoms with Gasteiger partial charge in [-0.3, -0.25) is 0 Å². The minimum absolute atomic E-state index is 0. The Morgan fingerprint density at radius 3 is 2.39 bits per heavy atom. The summed E-state index contributed by atoms with van der Waals surface area (Å²) in [6.07, 6.45) is -3.72. The first-order valence-electron chi connectivity index (χ1n) is 8.93. The zero-order valence-corrected chi connectivity index (χ0v) is 18.5. The molecule has 28 heavy (non-hydrogen) atoms. The van der Waals surface area contributed by atoms with Gasteiger partial charge < -0.3 is 15.2 Å². The molecule has 0 saturated carbocycles. The highest BCUT2D eigenvalue weighted by Gasteiger charge is 2.29. The van der Waals surface area contributed by atoms with Crippen LogP contribution in [0.4, 0.5) is 13.2 Å². The van der Waals surface area contributed by atoms with E-state index in [0.717, 1.165) is 23.4 Å². The van der Waals surface area contributed by atoms with E-state index in [4.69, 9.17) is 4.52 Å². The van der Waals surface area contributed by atoms with Crippen LogP contribution in [0, 0.1) is 0 Å². The van der Waals surface area contributed by atoms with Gasteiger partial charge in [0.05, 0.1) is 11.3 Å². The van der Waals surface area contributed by atoms with Crippen molar-refractivity contribution in [3.05, 3.63) is 52.9 Å². The summed E-state index contributed by atoms with van der Waals surface area (Å²) in [6.45, 7) is 7.63. The van der Waals surface area contributed by atoms with Crippen LogP contribution in [0.15, 0.2) is 39.8 Å². The molecule has 1 aromatic heterocycles. The third kappa shape index (κ3) is 7.69. The van der Waals surface area contributed by atoms with E-state index in [1.165, 1.54) is 12.1 Å². The smallest absolute Gasteiger partial charge is 0.359 e. The minimum Gasteiger partial charge on any atom is -0.359 e. The third-order valence-electron chi connectivity index (χ3n) is 3.89. The van der Waals surface area contributed by atoms with E-state index in [2.05, 4.69) is 20.8 Å². The van der Waals surface area contributed by atoms with Gasteiger partial charge in [-0.2, -0.15) is 13.2 Å². The van der Waals surface area contributed by atoms with Crippen LogP contribution in [0.5, 0.6) is 0 Å². The maximum atomic E-state index is 12.6. The van der Waals surface area contributed by atoms with Crippen LogP contribution in [-0.2, 0) is 19.1 Å². The Morgan fingerprint density at radius 1 is 1.18 bits per heavy atom. The molecular formula is C19H26F3IN4O. The Kier molecular flexibility index (Phi) is 9.77. The number of halogens is 4. The van der Waals surface area contributed by atoms with Gasteiger partial charge in [-0.1, -0.05) is 31.1 Å². The largest absolute Gasteiger partial charge is 0.416 e. The molecule has 0 fully saturated rings. The van der Waals surface area contributed by atoms with Gasteiger partial charge in [-0.05, 0) is 37.0 Å². The molecule has 0 aliphatic carbocycles. The topological polar surface area (TPSA) is 62.5 Å². The zero-order chi connectivity index (χ0) is 19.9. The van der Waals surface area contributed by atoms with E-state index in [0.29, 0.717) is 43.7 Å². The maximum absolute atomic E-state index is 12.6. The highest BCUT2D eigenvalue weighted by molar-refractivity contribution is 14.0. The Morgan fingerprint density at radius 2 is 1.86 bits per heavy atom. The van der Waals surface area contributed by atoms with Crippen LogP contribution in [0.1, 0.15) is 49.3 Å². The Labute approximate surface area is 180 Å². The molecule has 2 N–H and O–H groups in total. The van der Waals surface area contributed by atoms with Gasteiger partial charge in [-0.25, -0.2) is 4.99 Å². The van der Waals surface area contributed by atoms with Crippen molar-refractivity contribution in [3.63, 3.8) is 0 Å². The number of hydrogen-bond acceptors (Lipinski definition) is 3. The Hall–Kier alpha value is -1.78. The van der Waals surface area contributed by atoms with E-state index >= 15 is 0 Å². The molecule has 0 spiro atoms. The number of alkyl halides is 3. The summed E-state index contributed by atoms with van der Waals surface area (Å²) in [5.41, 5.74) is 1.07. The van der Waals surface area contributed by atoms with Gasteiger partial charge in [0.2, 0.25) is 0 Å². The van der Waals surface area contributed by atoms with E-state index in [9.17, 15) is 13.2 Å². The second-order valence-corrected chi connectivity index (χ2v) is 6.44. The minimum atomic E-state index is -4.31. The van der Waals surface area contributed by atoms with Crippen molar-refractivity contribution in [1.29, 1.82) is 0 Å². The van der Waals surface area contributed by atoms with E-state index in [1.54, 1.807) is 0 Å². The number of hydrogen-bond donors (Lipinski definition) is 2. The predicted octanol–water partition coefficient (Wildman–Crippen LogP) is 4.73. The molecule has 0 atom stereocenters. The average Bonchev–Trinajstić information content (AvgIpc) is 3.09. The van der Waals surface area contributed by atoms with Crippen LogP contribution in [-0.4, -0.2) is 24.2 Å². The molecule has 9 heteroatoms. The number of aliphatic imine (C=N–C) groups is 1. The first-order valence-corrected chi connectivity index (χ1v) is 8.93. The van der Waals surface area contributed by atoms with Crippen molar-refractivity contribution < 1.29 is 17.7 Å². The number of nitrogens with zero attached hydrogens (tertiary/aromatic N) is 2. The van der Waals surface area contributed by atoms with Gasteiger partial charge in [0.1, 0.15) is 6.54 Å². The molecular weight excluding hydrogens is 484 g/mol. The van der Waals surface area contributed by atoms with Crippen molar-refractivity contribution in [2.24, 2.45) is 4.99 Å². The summed E-state index contributed by atoms with van der Waals surface area (Å²) in [4.78, 5) is 4.45. The monoisotopic (exact) mass is 510 g/mol. The molecule has 2 aromatic rings. The fraction of sp³-hybridized carbons (Fsp3) is 0.474. The van der Waals surface area contributed by atoms with Crippen LogP contribution < -0.4 is 10.6 Å². The molecule has 0 bridgehead atoms. The third-order valence-corrected chi connectivity index (χ3v) is 3.89. The summed E-state index contributed by atoms with van der Waals surface area (Å²) in [5.74, 6) is 1.59. The lowest BCUT2D eigenvalue weighted by molar-refractivity contribution is -0.137. The number of benzene rings is 1. The molecule has 0 amide bonds. The number of rotatable bonds is 7. The molecule has 0 radical (unpaired) electrons. The van der Waals surface area contributed by atoms with E-state index in [-0.39, 0.29) is 24.0 Å². The van der Waals surface area contributed by atoms with Crippen molar-refractivity contribution >= 4 is 29.9 Å². The summed E-state index contributed by atoms with van der Waals surface area (Å²) in [5, 5.41) is 10.3. The predicted molar refractivity (Wildman–Crippen MR) is 114 cm³/mol. The molecule has 0 unspecified atom stereocenters. The van der Waals surface area contributed by atoms with Gasteiger partial charge in [0.15, 0.2) is 11.7 Å². The van der Waals surface area contributed by atoms with Crippen molar-refractivity contribution in [3.8, 4) is 0 Å². The molecule has 0 aliphatic rings. The summed E-state index contributed by atoms with van der Waals surface area (Å²) in [7, 11) is 0.